The van der Waals surface area contributed by atoms with Gasteiger partial charge in [-0.05, 0) is 17.2 Å². The molecule has 0 aliphatic carbocycles. The van der Waals surface area contributed by atoms with Gasteiger partial charge in [-0.25, -0.2) is 0 Å². The fraction of sp³-hybridized carbons (Fsp3) is 0.200. The highest BCUT2D eigenvalue weighted by Gasteiger charge is 2.05. The molecule has 0 heterocycles. The topological polar surface area (TPSA) is 0 Å². The summed E-state index contributed by atoms with van der Waals surface area (Å²) in [7, 11) is 0. The van der Waals surface area contributed by atoms with Gasteiger partial charge in [0.2, 0.25) is 0 Å². The van der Waals surface area contributed by atoms with Gasteiger partial charge in [0.15, 0.2) is 0 Å². The zero-order chi connectivity index (χ0) is 11.4. The monoisotopic (exact) mass is 228 g/mol. The molecule has 2 rings (SSSR count). The third-order valence-electron chi connectivity index (χ3n) is 2.33. The smallest absolute Gasteiger partial charge is 0.0153 e. The standard InChI is InChI=1S/C15H16S/c1-12(2)16-15-11-7-6-10-14(15)13-8-4-3-5-9-13/h3-12H,1-2H3. The molecule has 0 aliphatic heterocycles. The molecule has 0 aliphatic rings. The van der Waals surface area contributed by atoms with Crippen LogP contribution in [0.4, 0.5) is 0 Å². The second kappa shape index (κ2) is 5.22. The lowest BCUT2D eigenvalue weighted by molar-refractivity contribution is 1.11. The molecule has 82 valence electrons. The van der Waals surface area contributed by atoms with Crippen molar-refractivity contribution in [2.75, 3.05) is 0 Å². The number of rotatable bonds is 3. The van der Waals surface area contributed by atoms with Crippen LogP contribution < -0.4 is 0 Å². The minimum Gasteiger partial charge on any atom is -0.123 e. The van der Waals surface area contributed by atoms with E-state index in [9.17, 15) is 0 Å². The van der Waals surface area contributed by atoms with Crippen molar-refractivity contribution in [2.45, 2.75) is 24.0 Å². The highest BCUT2D eigenvalue weighted by Crippen LogP contribution is 2.33. The SMILES string of the molecule is CC(C)Sc1ccccc1-c1ccccc1. The van der Waals surface area contributed by atoms with Crippen LogP contribution in [0.3, 0.4) is 0 Å². The van der Waals surface area contributed by atoms with Crippen molar-refractivity contribution in [3.63, 3.8) is 0 Å². The van der Waals surface area contributed by atoms with Gasteiger partial charge in [0, 0.05) is 10.1 Å². The summed E-state index contributed by atoms with van der Waals surface area (Å²) < 4.78 is 0. The van der Waals surface area contributed by atoms with Crippen LogP contribution in [0.15, 0.2) is 59.5 Å². The summed E-state index contributed by atoms with van der Waals surface area (Å²) in [6, 6.07) is 19.2. The Morgan fingerprint density at radius 3 is 2.12 bits per heavy atom. The Morgan fingerprint density at radius 2 is 1.44 bits per heavy atom. The molecular weight excluding hydrogens is 212 g/mol. The third-order valence-corrected chi connectivity index (χ3v) is 3.42. The first-order valence-electron chi connectivity index (χ1n) is 5.58. The fourth-order valence-electron chi connectivity index (χ4n) is 1.68. The molecule has 0 atom stereocenters. The van der Waals surface area contributed by atoms with Gasteiger partial charge >= 0.3 is 0 Å². The van der Waals surface area contributed by atoms with Crippen molar-refractivity contribution in [2.24, 2.45) is 0 Å². The van der Waals surface area contributed by atoms with Gasteiger partial charge in [0.1, 0.15) is 0 Å². The highest BCUT2D eigenvalue weighted by molar-refractivity contribution is 8.00. The maximum atomic E-state index is 2.23. The van der Waals surface area contributed by atoms with Crippen LogP contribution in [0, 0.1) is 0 Å². The third kappa shape index (κ3) is 2.67. The molecule has 0 spiro atoms. The quantitative estimate of drug-likeness (QED) is 0.676. The summed E-state index contributed by atoms with van der Waals surface area (Å²) >= 11 is 1.92. The molecule has 2 aromatic carbocycles. The van der Waals surface area contributed by atoms with Crippen LogP contribution in [0.1, 0.15) is 13.8 Å². The first kappa shape index (κ1) is 11.3. The summed E-state index contributed by atoms with van der Waals surface area (Å²) in [4.78, 5) is 1.36. The van der Waals surface area contributed by atoms with Crippen LogP contribution in [0.25, 0.3) is 11.1 Å². The Hall–Kier alpha value is -1.21. The zero-order valence-electron chi connectivity index (χ0n) is 9.68. The van der Waals surface area contributed by atoms with Crippen LogP contribution in [-0.2, 0) is 0 Å². The predicted octanol–water partition coefficient (Wildman–Crippen LogP) is 4.85. The van der Waals surface area contributed by atoms with Gasteiger partial charge in [-0.2, -0.15) is 0 Å². The Morgan fingerprint density at radius 1 is 0.812 bits per heavy atom. The molecule has 0 radical (unpaired) electrons. The fourth-order valence-corrected chi connectivity index (χ4v) is 2.66. The Bertz CT molecular complexity index is 446. The van der Waals surface area contributed by atoms with Crippen molar-refractivity contribution in [1.82, 2.24) is 0 Å². The zero-order valence-corrected chi connectivity index (χ0v) is 10.5. The Kier molecular flexibility index (Phi) is 3.68. The lowest BCUT2D eigenvalue weighted by Gasteiger charge is -2.11. The molecule has 0 nitrogen and oxygen atoms in total. The molecule has 0 bridgehead atoms. The van der Waals surface area contributed by atoms with Gasteiger partial charge in [-0.3, -0.25) is 0 Å². The number of thioether (sulfide) groups is 1. The molecule has 2 aromatic rings. The summed E-state index contributed by atoms with van der Waals surface area (Å²) in [5, 5.41) is 0.616. The number of hydrogen-bond acceptors (Lipinski definition) is 1. The molecule has 1 heteroatoms. The van der Waals surface area contributed by atoms with E-state index in [1.807, 2.05) is 11.8 Å². The molecule has 0 N–H and O–H groups in total. The Balaban J connectivity index is 2.41. The molecule has 0 unspecified atom stereocenters. The van der Waals surface area contributed by atoms with E-state index < -0.39 is 0 Å². The van der Waals surface area contributed by atoms with Crippen molar-refractivity contribution < 1.29 is 0 Å². The van der Waals surface area contributed by atoms with E-state index >= 15 is 0 Å². The molecule has 0 amide bonds. The molecule has 0 fully saturated rings. The van der Waals surface area contributed by atoms with Crippen molar-refractivity contribution in [1.29, 1.82) is 0 Å². The van der Waals surface area contributed by atoms with E-state index in [1.54, 1.807) is 0 Å². The average Bonchev–Trinajstić information content (AvgIpc) is 2.30. The highest BCUT2D eigenvalue weighted by atomic mass is 32.2. The maximum absolute atomic E-state index is 2.23. The van der Waals surface area contributed by atoms with Gasteiger partial charge < -0.3 is 0 Å². The average molecular weight is 228 g/mol. The normalized spacial score (nSPS) is 10.7. The first-order valence-corrected chi connectivity index (χ1v) is 6.46. The van der Waals surface area contributed by atoms with Gasteiger partial charge in [-0.15, -0.1) is 11.8 Å². The minimum absolute atomic E-state index is 0.616. The van der Waals surface area contributed by atoms with E-state index in [0.717, 1.165) is 0 Å². The van der Waals surface area contributed by atoms with Crippen LogP contribution in [0.5, 0.6) is 0 Å². The number of hydrogen-bond donors (Lipinski definition) is 0. The van der Waals surface area contributed by atoms with Crippen LogP contribution in [-0.4, -0.2) is 5.25 Å². The second-order valence-electron chi connectivity index (χ2n) is 4.03. The lowest BCUT2D eigenvalue weighted by Crippen LogP contribution is -1.88. The minimum atomic E-state index is 0.616. The lowest BCUT2D eigenvalue weighted by atomic mass is 10.1. The van der Waals surface area contributed by atoms with Crippen molar-refractivity contribution in [3.8, 4) is 11.1 Å². The van der Waals surface area contributed by atoms with E-state index in [1.165, 1.54) is 16.0 Å². The van der Waals surface area contributed by atoms with Crippen LogP contribution in [0.2, 0.25) is 0 Å². The van der Waals surface area contributed by atoms with Gasteiger partial charge in [0.25, 0.3) is 0 Å². The molecule has 0 saturated heterocycles. The largest absolute Gasteiger partial charge is 0.123 e. The summed E-state index contributed by atoms with van der Waals surface area (Å²) in [6.45, 7) is 4.46. The number of benzene rings is 2. The molecule has 0 aromatic heterocycles. The first-order chi connectivity index (χ1) is 7.77. The van der Waals surface area contributed by atoms with E-state index in [2.05, 4.69) is 68.4 Å². The van der Waals surface area contributed by atoms with Gasteiger partial charge in [-0.1, -0.05) is 62.4 Å². The van der Waals surface area contributed by atoms with E-state index in [4.69, 9.17) is 0 Å². The predicted molar refractivity (Wildman–Crippen MR) is 72.9 cm³/mol. The van der Waals surface area contributed by atoms with Crippen LogP contribution >= 0.6 is 11.8 Å². The molecule has 0 saturated carbocycles. The summed E-state index contributed by atoms with van der Waals surface area (Å²) in [5.41, 5.74) is 2.63. The van der Waals surface area contributed by atoms with Crippen molar-refractivity contribution >= 4 is 11.8 Å². The molecular formula is C15H16S. The van der Waals surface area contributed by atoms with E-state index in [-0.39, 0.29) is 0 Å². The second-order valence-corrected chi connectivity index (χ2v) is 5.65. The summed E-state index contributed by atoms with van der Waals surface area (Å²) in [6.07, 6.45) is 0. The van der Waals surface area contributed by atoms with Gasteiger partial charge in [0.05, 0.1) is 0 Å². The van der Waals surface area contributed by atoms with Crippen molar-refractivity contribution in [3.05, 3.63) is 54.6 Å². The maximum Gasteiger partial charge on any atom is 0.0153 e. The summed E-state index contributed by atoms with van der Waals surface area (Å²) in [5.74, 6) is 0. The molecule has 16 heavy (non-hydrogen) atoms. The Labute approximate surface area is 102 Å². The van der Waals surface area contributed by atoms with E-state index in [0.29, 0.717) is 5.25 Å².